The summed E-state index contributed by atoms with van der Waals surface area (Å²) in [4.78, 5) is 28.1. The minimum atomic E-state index is -0.0887. The van der Waals surface area contributed by atoms with E-state index in [9.17, 15) is 9.59 Å². The Labute approximate surface area is 127 Å². The Morgan fingerprint density at radius 1 is 0.955 bits per heavy atom. The van der Waals surface area contributed by atoms with Crippen LogP contribution in [0.5, 0.6) is 11.5 Å². The van der Waals surface area contributed by atoms with Gasteiger partial charge in [-0.3, -0.25) is 14.6 Å². The summed E-state index contributed by atoms with van der Waals surface area (Å²) in [6, 6.07) is 8.50. The molecular weight excluding hydrogens is 282 g/mol. The largest absolute Gasteiger partial charge is 0.486 e. The highest BCUT2D eigenvalue weighted by Crippen LogP contribution is 2.31. The number of pyridine rings is 1. The van der Waals surface area contributed by atoms with Crippen LogP contribution in [-0.2, 0) is 0 Å². The number of carbonyl (C=O) groups is 2. The molecule has 1 aliphatic rings. The number of fused-ring (bicyclic) bond motifs is 1. The number of carbonyl (C=O) groups excluding carboxylic acids is 2. The van der Waals surface area contributed by atoms with Crippen LogP contribution in [0.1, 0.15) is 33.6 Å². The molecule has 0 N–H and O–H groups in total. The smallest absolute Gasteiger partial charge is 0.164 e. The second-order valence-corrected chi connectivity index (χ2v) is 4.95. The molecule has 1 aliphatic heterocycles. The Morgan fingerprint density at radius 3 is 2.41 bits per heavy atom. The van der Waals surface area contributed by atoms with E-state index >= 15 is 0 Å². The van der Waals surface area contributed by atoms with Gasteiger partial charge in [-0.15, -0.1) is 0 Å². The summed E-state index contributed by atoms with van der Waals surface area (Å²) in [6.07, 6.45) is 3.44. The summed E-state index contributed by atoms with van der Waals surface area (Å²) in [6.45, 7) is 0.990. The van der Waals surface area contributed by atoms with Gasteiger partial charge in [0.05, 0.1) is 0 Å². The number of benzene rings is 1. The molecule has 0 bridgehead atoms. The molecule has 1 aromatic heterocycles. The third kappa shape index (κ3) is 3.14. The molecule has 112 valence electrons. The van der Waals surface area contributed by atoms with Gasteiger partial charge < -0.3 is 9.47 Å². The van der Waals surface area contributed by atoms with Gasteiger partial charge in [0, 0.05) is 36.4 Å². The summed E-state index contributed by atoms with van der Waals surface area (Å²) in [7, 11) is 0. The Hall–Kier alpha value is -2.69. The van der Waals surface area contributed by atoms with Crippen LogP contribution in [0.2, 0.25) is 0 Å². The van der Waals surface area contributed by atoms with Crippen molar-refractivity contribution in [2.75, 3.05) is 13.2 Å². The number of rotatable bonds is 5. The molecule has 22 heavy (non-hydrogen) atoms. The van der Waals surface area contributed by atoms with Crippen LogP contribution in [0.4, 0.5) is 0 Å². The first-order valence-corrected chi connectivity index (χ1v) is 7.10. The monoisotopic (exact) mass is 297 g/mol. The first kappa shape index (κ1) is 14.3. The summed E-state index contributed by atoms with van der Waals surface area (Å²) >= 11 is 0. The van der Waals surface area contributed by atoms with Crippen LogP contribution in [0.3, 0.4) is 0 Å². The standard InChI is InChI=1S/C17H15NO4/c19-14(4-5-15(20)13-2-1-7-18-11-13)12-3-6-16-17(10-12)22-9-8-21-16/h1-3,6-7,10-11H,4-5,8-9H2. The molecular formula is C17H15NO4. The molecule has 0 amide bonds. The average Bonchev–Trinajstić information content (AvgIpc) is 2.59. The van der Waals surface area contributed by atoms with Gasteiger partial charge in [0.15, 0.2) is 23.1 Å². The fraction of sp³-hybridized carbons (Fsp3) is 0.235. The maximum atomic E-state index is 12.2. The van der Waals surface area contributed by atoms with Crippen molar-refractivity contribution in [3.05, 3.63) is 53.9 Å². The van der Waals surface area contributed by atoms with Gasteiger partial charge in [0.2, 0.25) is 0 Å². The maximum absolute atomic E-state index is 12.2. The zero-order valence-electron chi connectivity index (χ0n) is 12.0. The molecule has 0 fully saturated rings. The van der Waals surface area contributed by atoms with Crippen LogP contribution in [0, 0.1) is 0 Å². The van der Waals surface area contributed by atoms with E-state index < -0.39 is 0 Å². The van der Waals surface area contributed by atoms with E-state index in [4.69, 9.17) is 9.47 Å². The van der Waals surface area contributed by atoms with Gasteiger partial charge in [-0.05, 0) is 30.3 Å². The molecule has 3 rings (SSSR count). The molecule has 0 aliphatic carbocycles. The van der Waals surface area contributed by atoms with Crippen molar-refractivity contribution in [3.8, 4) is 11.5 Å². The van der Waals surface area contributed by atoms with Crippen molar-refractivity contribution in [1.82, 2.24) is 4.98 Å². The first-order valence-electron chi connectivity index (χ1n) is 7.10. The summed E-state index contributed by atoms with van der Waals surface area (Å²) < 4.78 is 10.9. The topological polar surface area (TPSA) is 65.5 Å². The summed E-state index contributed by atoms with van der Waals surface area (Å²) in [5, 5.41) is 0. The summed E-state index contributed by atoms with van der Waals surface area (Å²) in [5.74, 6) is 1.05. The second kappa shape index (κ2) is 6.39. The van der Waals surface area contributed by atoms with Crippen LogP contribution in [0.15, 0.2) is 42.7 Å². The molecule has 5 nitrogen and oxygen atoms in total. The number of Topliss-reactive ketones (excluding diaryl/α,β-unsaturated/α-hetero) is 2. The van der Waals surface area contributed by atoms with Crippen LogP contribution < -0.4 is 9.47 Å². The normalized spacial score (nSPS) is 12.7. The lowest BCUT2D eigenvalue weighted by molar-refractivity contribution is 0.0916. The van der Waals surface area contributed by atoms with Crippen LogP contribution in [-0.4, -0.2) is 29.8 Å². The number of hydrogen-bond donors (Lipinski definition) is 0. The Bertz CT molecular complexity index is 697. The Morgan fingerprint density at radius 2 is 1.68 bits per heavy atom. The number of nitrogens with zero attached hydrogens (tertiary/aromatic N) is 1. The van der Waals surface area contributed by atoms with Crippen LogP contribution in [0.25, 0.3) is 0 Å². The highest BCUT2D eigenvalue weighted by atomic mass is 16.6. The maximum Gasteiger partial charge on any atom is 0.164 e. The van der Waals surface area contributed by atoms with Gasteiger partial charge in [-0.2, -0.15) is 0 Å². The van der Waals surface area contributed by atoms with Crippen molar-refractivity contribution >= 4 is 11.6 Å². The fourth-order valence-corrected chi connectivity index (χ4v) is 2.26. The lowest BCUT2D eigenvalue weighted by atomic mass is 10.0. The van der Waals surface area contributed by atoms with Gasteiger partial charge in [0.1, 0.15) is 13.2 Å². The van der Waals surface area contributed by atoms with Crippen molar-refractivity contribution in [1.29, 1.82) is 0 Å². The van der Waals surface area contributed by atoms with Gasteiger partial charge in [0.25, 0.3) is 0 Å². The highest BCUT2D eigenvalue weighted by Gasteiger charge is 2.16. The molecule has 0 saturated carbocycles. The average molecular weight is 297 g/mol. The molecule has 0 atom stereocenters. The zero-order chi connectivity index (χ0) is 15.4. The predicted octanol–water partition coefficient (Wildman–Crippen LogP) is 2.70. The molecule has 2 aromatic rings. The molecule has 1 aromatic carbocycles. The Kier molecular flexibility index (Phi) is 4.14. The molecule has 0 unspecified atom stereocenters. The van der Waals surface area contributed by atoms with Crippen molar-refractivity contribution < 1.29 is 19.1 Å². The molecule has 0 radical (unpaired) electrons. The van der Waals surface area contributed by atoms with Gasteiger partial charge in [-0.25, -0.2) is 0 Å². The quantitative estimate of drug-likeness (QED) is 0.794. The SMILES string of the molecule is O=C(CCC(=O)c1ccc2c(c1)OCCO2)c1cccnc1. The van der Waals surface area contributed by atoms with E-state index in [2.05, 4.69) is 4.98 Å². The molecule has 0 saturated heterocycles. The van der Waals surface area contributed by atoms with Crippen molar-refractivity contribution in [2.24, 2.45) is 0 Å². The van der Waals surface area contributed by atoms with E-state index in [1.54, 1.807) is 36.5 Å². The fourth-order valence-electron chi connectivity index (χ4n) is 2.26. The van der Waals surface area contributed by atoms with E-state index in [0.29, 0.717) is 35.8 Å². The van der Waals surface area contributed by atoms with E-state index in [-0.39, 0.29) is 24.4 Å². The van der Waals surface area contributed by atoms with Gasteiger partial charge in [-0.1, -0.05) is 0 Å². The zero-order valence-corrected chi connectivity index (χ0v) is 12.0. The highest BCUT2D eigenvalue weighted by molar-refractivity contribution is 6.02. The van der Waals surface area contributed by atoms with Crippen molar-refractivity contribution in [3.63, 3.8) is 0 Å². The molecule has 2 heterocycles. The third-order valence-electron chi connectivity index (χ3n) is 3.43. The second-order valence-electron chi connectivity index (χ2n) is 4.95. The van der Waals surface area contributed by atoms with E-state index in [1.807, 2.05) is 0 Å². The minimum Gasteiger partial charge on any atom is -0.486 e. The van der Waals surface area contributed by atoms with Gasteiger partial charge >= 0.3 is 0 Å². The predicted molar refractivity (Wildman–Crippen MR) is 79.6 cm³/mol. The van der Waals surface area contributed by atoms with Crippen LogP contribution >= 0.6 is 0 Å². The Balaban J connectivity index is 1.64. The number of ether oxygens (including phenoxy) is 2. The number of aromatic nitrogens is 1. The minimum absolute atomic E-state index is 0.0843. The lowest BCUT2D eigenvalue weighted by Crippen LogP contribution is -2.16. The number of hydrogen-bond acceptors (Lipinski definition) is 5. The van der Waals surface area contributed by atoms with Crippen molar-refractivity contribution in [2.45, 2.75) is 12.8 Å². The van der Waals surface area contributed by atoms with E-state index in [0.717, 1.165) is 0 Å². The first-order chi connectivity index (χ1) is 10.7. The molecule has 0 spiro atoms. The van der Waals surface area contributed by atoms with E-state index in [1.165, 1.54) is 6.20 Å². The third-order valence-corrected chi connectivity index (χ3v) is 3.43. The molecule has 5 heteroatoms. The lowest BCUT2D eigenvalue weighted by Gasteiger charge is -2.18. The summed E-state index contributed by atoms with van der Waals surface area (Å²) in [5.41, 5.74) is 1.06. The number of ketones is 2.